The average molecular weight is 198 g/mol. The van der Waals surface area contributed by atoms with E-state index in [1.807, 2.05) is 26.0 Å². The zero-order chi connectivity index (χ0) is 11.0. The quantitative estimate of drug-likeness (QED) is 0.699. The van der Waals surface area contributed by atoms with E-state index >= 15 is 0 Å². The van der Waals surface area contributed by atoms with Gasteiger partial charge in [-0.3, -0.25) is 0 Å². The fourth-order valence-corrected chi connectivity index (χ4v) is 1.57. The molecule has 2 aromatic heterocycles. The zero-order valence-corrected chi connectivity index (χ0v) is 8.57. The van der Waals surface area contributed by atoms with Crippen LogP contribution in [0.1, 0.15) is 16.8 Å². The van der Waals surface area contributed by atoms with Crippen LogP contribution in [0.15, 0.2) is 12.1 Å². The van der Waals surface area contributed by atoms with Gasteiger partial charge in [0.15, 0.2) is 5.65 Å². The first-order valence-electron chi connectivity index (χ1n) is 4.56. The van der Waals surface area contributed by atoms with Crippen LogP contribution in [0, 0.1) is 25.2 Å². The predicted octanol–water partition coefficient (Wildman–Crippen LogP) is 1.70. The first kappa shape index (κ1) is 9.41. The lowest BCUT2D eigenvalue weighted by Crippen LogP contribution is -1.98. The fourth-order valence-electron chi connectivity index (χ4n) is 1.57. The van der Waals surface area contributed by atoms with Gasteiger partial charge in [-0.15, -0.1) is 0 Å². The Kier molecular flexibility index (Phi) is 2.01. The molecule has 0 unspecified atom stereocenters. The molecule has 0 aromatic carbocycles. The van der Waals surface area contributed by atoms with E-state index in [9.17, 15) is 0 Å². The Morgan fingerprint density at radius 2 is 2.00 bits per heavy atom. The molecule has 2 heterocycles. The molecular formula is C11H10N4. The molecule has 0 saturated carbocycles. The Balaban J connectivity index is 2.89. The van der Waals surface area contributed by atoms with Gasteiger partial charge in [-0.2, -0.15) is 5.26 Å². The molecule has 2 aromatic rings. The fraction of sp³-hybridized carbons (Fsp3) is 0.182. The third-order valence-corrected chi connectivity index (χ3v) is 2.28. The number of nitrogens with zero attached hydrogens (tertiary/aromatic N) is 3. The lowest BCUT2D eigenvalue weighted by Gasteiger charge is -2.04. The summed E-state index contributed by atoms with van der Waals surface area (Å²) in [7, 11) is 0. The number of aromatic nitrogens is 2. The van der Waals surface area contributed by atoms with Crippen LogP contribution < -0.4 is 5.73 Å². The first-order valence-corrected chi connectivity index (χ1v) is 4.56. The summed E-state index contributed by atoms with van der Waals surface area (Å²) in [5.41, 5.74) is 8.58. The Bertz CT molecular complexity index is 581. The van der Waals surface area contributed by atoms with Crippen LogP contribution in [-0.4, -0.2) is 9.97 Å². The Morgan fingerprint density at radius 1 is 1.27 bits per heavy atom. The summed E-state index contributed by atoms with van der Waals surface area (Å²) < 4.78 is 0. The topological polar surface area (TPSA) is 75.6 Å². The Hall–Kier alpha value is -2.15. The van der Waals surface area contributed by atoms with E-state index in [0.717, 1.165) is 16.6 Å². The minimum Gasteiger partial charge on any atom is -0.383 e. The van der Waals surface area contributed by atoms with Gasteiger partial charge in [0, 0.05) is 11.1 Å². The van der Waals surface area contributed by atoms with Crippen molar-refractivity contribution in [1.29, 1.82) is 5.26 Å². The number of rotatable bonds is 0. The Labute approximate surface area is 87.4 Å². The number of hydrogen-bond donors (Lipinski definition) is 1. The van der Waals surface area contributed by atoms with Crippen LogP contribution in [-0.2, 0) is 0 Å². The number of hydrogen-bond acceptors (Lipinski definition) is 4. The van der Waals surface area contributed by atoms with Gasteiger partial charge < -0.3 is 5.73 Å². The van der Waals surface area contributed by atoms with Gasteiger partial charge in [0.2, 0.25) is 0 Å². The minimum atomic E-state index is 0.238. The van der Waals surface area contributed by atoms with E-state index in [1.54, 1.807) is 6.07 Å². The van der Waals surface area contributed by atoms with Gasteiger partial charge >= 0.3 is 0 Å². The van der Waals surface area contributed by atoms with E-state index < -0.39 is 0 Å². The van der Waals surface area contributed by atoms with Gasteiger partial charge in [0.25, 0.3) is 0 Å². The highest BCUT2D eigenvalue weighted by atomic mass is 14.9. The number of nitrogen functional groups attached to an aromatic ring is 1. The lowest BCUT2D eigenvalue weighted by molar-refractivity contribution is 1.19. The largest absolute Gasteiger partial charge is 0.383 e. The minimum absolute atomic E-state index is 0.238. The number of anilines is 1. The third kappa shape index (κ3) is 1.48. The second-order valence-electron chi connectivity index (χ2n) is 3.48. The molecule has 15 heavy (non-hydrogen) atoms. The van der Waals surface area contributed by atoms with Crippen molar-refractivity contribution in [3.63, 3.8) is 0 Å². The number of nitriles is 1. The van der Waals surface area contributed by atoms with Crippen molar-refractivity contribution in [1.82, 2.24) is 9.97 Å². The SMILES string of the molecule is Cc1cc(C)c2cc(C#N)c(N)nc2n1. The summed E-state index contributed by atoms with van der Waals surface area (Å²) in [6, 6.07) is 5.71. The number of fused-ring (bicyclic) bond motifs is 1. The van der Waals surface area contributed by atoms with E-state index in [1.165, 1.54) is 0 Å². The summed E-state index contributed by atoms with van der Waals surface area (Å²) in [6.45, 7) is 3.87. The first-order chi connectivity index (χ1) is 7.11. The molecule has 2 rings (SSSR count). The molecule has 0 aliphatic rings. The summed E-state index contributed by atoms with van der Waals surface area (Å²) in [5.74, 6) is 0.238. The number of nitrogens with two attached hydrogens (primary N) is 1. The average Bonchev–Trinajstić information content (AvgIpc) is 2.16. The zero-order valence-electron chi connectivity index (χ0n) is 8.57. The molecule has 0 amide bonds. The van der Waals surface area contributed by atoms with Crippen molar-refractivity contribution in [2.75, 3.05) is 5.73 Å². The summed E-state index contributed by atoms with van der Waals surface area (Å²) in [6.07, 6.45) is 0. The molecule has 0 radical (unpaired) electrons. The maximum atomic E-state index is 8.83. The van der Waals surface area contributed by atoms with Crippen LogP contribution in [0.5, 0.6) is 0 Å². The van der Waals surface area contributed by atoms with Crippen molar-refractivity contribution in [2.24, 2.45) is 0 Å². The molecule has 0 bridgehead atoms. The van der Waals surface area contributed by atoms with Crippen LogP contribution in [0.3, 0.4) is 0 Å². The predicted molar refractivity (Wildman–Crippen MR) is 58.1 cm³/mol. The molecule has 4 nitrogen and oxygen atoms in total. The standard InChI is InChI=1S/C11H10N4/c1-6-3-7(2)14-11-9(6)4-8(5-12)10(13)15-11/h3-4H,1-2H3,(H2,13,14,15). The van der Waals surface area contributed by atoms with Crippen molar-refractivity contribution in [3.05, 3.63) is 29.0 Å². The van der Waals surface area contributed by atoms with Crippen molar-refractivity contribution in [3.8, 4) is 6.07 Å². The monoisotopic (exact) mass is 198 g/mol. The highest BCUT2D eigenvalue weighted by Crippen LogP contribution is 2.20. The van der Waals surface area contributed by atoms with Gasteiger partial charge in [-0.05, 0) is 31.5 Å². The second-order valence-corrected chi connectivity index (χ2v) is 3.48. The smallest absolute Gasteiger partial charge is 0.162 e. The summed E-state index contributed by atoms with van der Waals surface area (Å²) >= 11 is 0. The summed E-state index contributed by atoms with van der Waals surface area (Å²) in [4.78, 5) is 8.38. The van der Waals surface area contributed by atoms with E-state index in [0.29, 0.717) is 11.2 Å². The van der Waals surface area contributed by atoms with Gasteiger partial charge in [-0.25, -0.2) is 9.97 Å². The molecule has 0 aliphatic heterocycles. The van der Waals surface area contributed by atoms with Crippen LogP contribution in [0.25, 0.3) is 11.0 Å². The van der Waals surface area contributed by atoms with Crippen LogP contribution in [0.4, 0.5) is 5.82 Å². The van der Waals surface area contributed by atoms with Crippen molar-refractivity contribution in [2.45, 2.75) is 13.8 Å². The molecule has 0 saturated heterocycles. The highest BCUT2D eigenvalue weighted by Gasteiger charge is 2.06. The van der Waals surface area contributed by atoms with Gasteiger partial charge in [0.05, 0.1) is 5.56 Å². The maximum Gasteiger partial charge on any atom is 0.162 e. The number of aryl methyl sites for hydroxylation is 2. The van der Waals surface area contributed by atoms with Crippen molar-refractivity contribution >= 4 is 16.9 Å². The Morgan fingerprint density at radius 3 is 2.67 bits per heavy atom. The molecule has 74 valence electrons. The molecule has 0 atom stereocenters. The maximum absolute atomic E-state index is 8.83. The normalized spacial score (nSPS) is 10.2. The molecule has 2 N–H and O–H groups in total. The molecule has 0 spiro atoms. The molecule has 0 aliphatic carbocycles. The van der Waals surface area contributed by atoms with E-state index in [-0.39, 0.29) is 5.82 Å². The summed E-state index contributed by atoms with van der Waals surface area (Å²) in [5, 5.41) is 9.71. The molecule has 4 heteroatoms. The highest BCUT2D eigenvalue weighted by molar-refractivity contribution is 5.82. The van der Waals surface area contributed by atoms with Crippen LogP contribution in [0.2, 0.25) is 0 Å². The van der Waals surface area contributed by atoms with E-state index in [2.05, 4.69) is 9.97 Å². The number of pyridine rings is 2. The van der Waals surface area contributed by atoms with Crippen molar-refractivity contribution < 1.29 is 0 Å². The molecule has 0 fully saturated rings. The lowest BCUT2D eigenvalue weighted by atomic mass is 10.1. The third-order valence-electron chi connectivity index (χ3n) is 2.28. The van der Waals surface area contributed by atoms with E-state index in [4.69, 9.17) is 11.0 Å². The van der Waals surface area contributed by atoms with Gasteiger partial charge in [-0.1, -0.05) is 0 Å². The van der Waals surface area contributed by atoms with Crippen LogP contribution >= 0.6 is 0 Å². The molecular weight excluding hydrogens is 188 g/mol. The second kappa shape index (κ2) is 3.21. The van der Waals surface area contributed by atoms with Gasteiger partial charge in [0.1, 0.15) is 11.9 Å².